The Morgan fingerprint density at radius 3 is 2.25 bits per heavy atom. The molecule has 0 spiro atoms. The highest BCUT2D eigenvalue weighted by Crippen LogP contribution is 2.53. The molecular formula is C28H24N4O4. The summed E-state index contributed by atoms with van der Waals surface area (Å²) in [7, 11) is 3.67. The molecule has 180 valence electrons. The lowest BCUT2D eigenvalue weighted by Gasteiger charge is -2.48. The van der Waals surface area contributed by atoms with Gasteiger partial charge in [-0.1, -0.05) is 36.4 Å². The maximum Gasteiger partial charge on any atom is 0.259 e. The summed E-state index contributed by atoms with van der Waals surface area (Å²) in [5.74, 6) is -0.704. The van der Waals surface area contributed by atoms with Gasteiger partial charge in [0.2, 0.25) is 0 Å². The number of hydrogen-bond donors (Lipinski definition) is 2. The first-order valence-corrected chi connectivity index (χ1v) is 12.3. The van der Waals surface area contributed by atoms with E-state index in [2.05, 4.69) is 38.8 Å². The number of benzene rings is 3. The maximum absolute atomic E-state index is 13.3. The smallest absolute Gasteiger partial charge is 0.259 e. The SMILES string of the molecule is CN[C@H]1C[C@H]2O[C@@](C)([C@H]1OC)n1c3ccccc3c3c4c(c5c6ccccc6n2c5c31)C(=O)NC4=O. The highest BCUT2D eigenvalue weighted by molar-refractivity contribution is 6.39. The molecule has 5 aromatic rings. The van der Waals surface area contributed by atoms with Crippen molar-refractivity contribution in [1.29, 1.82) is 0 Å². The maximum atomic E-state index is 13.3. The van der Waals surface area contributed by atoms with Crippen LogP contribution in [0.1, 0.15) is 40.3 Å². The second-order valence-corrected chi connectivity index (χ2v) is 10.1. The number of aromatic nitrogens is 2. The first-order valence-electron chi connectivity index (χ1n) is 12.3. The second kappa shape index (κ2) is 6.53. The highest BCUT2D eigenvalue weighted by atomic mass is 16.6. The predicted octanol–water partition coefficient (Wildman–Crippen LogP) is 3.99. The van der Waals surface area contributed by atoms with E-state index in [-0.39, 0.29) is 30.2 Å². The summed E-state index contributed by atoms with van der Waals surface area (Å²) in [6.07, 6.45) is 0.0823. The van der Waals surface area contributed by atoms with E-state index >= 15 is 0 Å². The van der Waals surface area contributed by atoms with E-state index in [1.807, 2.05) is 43.4 Å². The zero-order chi connectivity index (χ0) is 24.5. The van der Waals surface area contributed by atoms with Gasteiger partial charge in [-0.3, -0.25) is 14.9 Å². The van der Waals surface area contributed by atoms with Crippen molar-refractivity contribution in [3.8, 4) is 0 Å². The Bertz CT molecular complexity index is 1830. The molecule has 0 unspecified atom stereocenters. The Morgan fingerprint density at radius 1 is 0.972 bits per heavy atom. The third-order valence-electron chi connectivity index (χ3n) is 8.52. The first-order chi connectivity index (χ1) is 17.5. The molecule has 3 aliphatic heterocycles. The molecule has 2 aromatic heterocycles. The van der Waals surface area contributed by atoms with Gasteiger partial charge in [0.15, 0.2) is 5.72 Å². The number of para-hydroxylation sites is 2. The summed E-state index contributed by atoms with van der Waals surface area (Å²) in [5, 5.41) is 9.49. The van der Waals surface area contributed by atoms with Crippen molar-refractivity contribution in [2.75, 3.05) is 14.2 Å². The van der Waals surface area contributed by atoms with Crippen LogP contribution in [0, 0.1) is 0 Å². The van der Waals surface area contributed by atoms with Crippen molar-refractivity contribution in [1.82, 2.24) is 19.8 Å². The Balaban J connectivity index is 1.74. The van der Waals surface area contributed by atoms with Gasteiger partial charge < -0.3 is 23.9 Å². The molecule has 2 N–H and O–H groups in total. The Morgan fingerprint density at radius 2 is 1.58 bits per heavy atom. The largest absolute Gasteiger partial charge is 0.375 e. The van der Waals surface area contributed by atoms with E-state index < -0.39 is 5.72 Å². The summed E-state index contributed by atoms with van der Waals surface area (Å²) in [4.78, 5) is 26.7. The standard InChI is InChI=1S/C28H24N4O4/c1-28-25(35-3)15(29-2)12-18(36-28)31-16-10-6-4-8-13(16)19-21-22(27(34)30-26(21)33)20-14-9-5-7-11-17(14)32(28)24(20)23(19)31/h4-11,15,18,25,29H,12H2,1-3H3,(H,30,33,34)/t15-,18+,25-,28-/m0/s1. The number of likely N-dealkylation sites (N-methyl/N-ethyl adjacent to an activating group) is 1. The number of nitrogens with one attached hydrogen (secondary N) is 2. The first kappa shape index (κ1) is 20.5. The van der Waals surface area contributed by atoms with Gasteiger partial charge in [0.1, 0.15) is 12.3 Å². The van der Waals surface area contributed by atoms with E-state index in [0.29, 0.717) is 17.5 Å². The van der Waals surface area contributed by atoms with Crippen LogP contribution in [0.4, 0.5) is 0 Å². The molecule has 36 heavy (non-hydrogen) atoms. The number of rotatable bonds is 2. The molecule has 3 aliphatic rings. The van der Waals surface area contributed by atoms with Gasteiger partial charge in [-0.05, 0) is 26.1 Å². The lowest BCUT2D eigenvalue weighted by Crippen LogP contribution is -2.59. The van der Waals surface area contributed by atoms with Crippen molar-refractivity contribution < 1.29 is 19.1 Å². The summed E-state index contributed by atoms with van der Waals surface area (Å²) in [5.41, 5.74) is 3.75. The van der Waals surface area contributed by atoms with Crippen LogP contribution in [0.15, 0.2) is 48.5 Å². The molecule has 0 aliphatic carbocycles. The molecule has 0 saturated carbocycles. The Kier molecular flexibility index (Phi) is 3.71. The van der Waals surface area contributed by atoms with E-state index in [4.69, 9.17) is 9.47 Å². The highest BCUT2D eigenvalue weighted by Gasteiger charge is 2.53. The van der Waals surface area contributed by atoms with Crippen LogP contribution >= 0.6 is 0 Å². The van der Waals surface area contributed by atoms with Gasteiger partial charge in [-0.2, -0.15) is 0 Å². The van der Waals surface area contributed by atoms with Gasteiger partial charge in [0, 0.05) is 41.1 Å². The molecular weight excluding hydrogens is 456 g/mol. The van der Waals surface area contributed by atoms with Crippen LogP contribution in [-0.2, 0) is 15.2 Å². The summed E-state index contributed by atoms with van der Waals surface area (Å²) in [6, 6.07) is 16.1. The van der Waals surface area contributed by atoms with Crippen molar-refractivity contribution in [3.63, 3.8) is 0 Å². The number of ether oxygens (including phenoxy) is 2. The molecule has 4 atom stereocenters. The number of fused-ring (bicyclic) bond motifs is 13. The predicted molar refractivity (Wildman–Crippen MR) is 136 cm³/mol. The van der Waals surface area contributed by atoms with E-state index in [9.17, 15) is 9.59 Å². The Labute approximate surface area is 205 Å². The molecule has 5 heterocycles. The minimum Gasteiger partial charge on any atom is -0.375 e. The third kappa shape index (κ3) is 2.10. The lowest BCUT2D eigenvalue weighted by molar-refractivity contribution is -0.256. The van der Waals surface area contributed by atoms with Crippen LogP contribution < -0.4 is 10.6 Å². The van der Waals surface area contributed by atoms with Crippen LogP contribution in [0.2, 0.25) is 0 Å². The number of nitrogens with zero attached hydrogens (tertiary/aromatic N) is 2. The van der Waals surface area contributed by atoms with E-state index in [1.54, 1.807) is 7.11 Å². The number of imide groups is 1. The van der Waals surface area contributed by atoms with Crippen molar-refractivity contribution in [3.05, 3.63) is 59.7 Å². The van der Waals surface area contributed by atoms with Gasteiger partial charge in [-0.15, -0.1) is 0 Å². The molecule has 8 heteroatoms. The second-order valence-electron chi connectivity index (χ2n) is 10.1. The van der Waals surface area contributed by atoms with Crippen LogP contribution in [-0.4, -0.2) is 47.3 Å². The normalized spacial score (nSPS) is 26.9. The number of amides is 2. The number of methoxy groups -OCH3 is 1. The van der Waals surface area contributed by atoms with Gasteiger partial charge in [0.05, 0.1) is 33.2 Å². The van der Waals surface area contributed by atoms with Crippen LogP contribution in [0.3, 0.4) is 0 Å². The summed E-state index contributed by atoms with van der Waals surface area (Å²) < 4.78 is 17.6. The van der Waals surface area contributed by atoms with Crippen LogP contribution in [0.25, 0.3) is 43.6 Å². The van der Waals surface area contributed by atoms with Crippen molar-refractivity contribution in [2.24, 2.45) is 0 Å². The molecule has 3 aromatic carbocycles. The fourth-order valence-corrected chi connectivity index (χ4v) is 7.25. The Hall–Kier alpha value is -3.72. The quantitative estimate of drug-likeness (QED) is 0.373. The number of carbonyl (C=O) groups is 2. The fourth-order valence-electron chi connectivity index (χ4n) is 7.25. The van der Waals surface area contributed by atoms with Gasteiger partial charge in [0.25, 0.3) is 11.8 Å². The zero-order valence-electron chi connectivity index (χ0n) is 20.1. The molecule has 2 amide bonds. The third-order valence-corrected chi connectivity index (χ3v) is 8.52. The van der Waals surface area contributed by atoms with Crippen molar-refractivity contribution >= 4 is 55.4 Å². The van der Waals surface area contributed by atoms with Crippen LogP contribution in [0.5, 0.6) is 0 Å². The zero-order valence-corrected chi connectivity index (χ0v) is 20.1. The minimum absolute atomic E-state index is 0.0114. The number of hydrogen-bond acceptors (Lipinski definition) is 5. The molecule has 1 fully saturated rings. The van der Waals surface area contributed by atoms with E-state index in [0.717, 1.165) is 43.6 Å². The fraction of sp³-hybridized carbons (Fsp3) is 0.286. The molecule has 2 bridgehead atoms. The monoisotopic (exact) mass is 480 g/mol. The van der Waals surface area contributed by atoms with E-state index in [1.165, 1.54) is 0 Å². The summed E-state index contributed by atoms with van der Waals surface area (Å²) >= 11 is 0. The molecule has 8 rings (SSSR count). The minimum atomic E-state index is -0.882. The average molecular weight is 481 g/mol. The van der Waals surface area contributed by atoms with Crippen molar-refractivity contribution in [2.45, 2.75) is 37.4 Å². The molecule has 0 radical (unpaired) electrons. The van der Waals surface area contributed by atoms with Gasteiger partial charge in [-0.25, -0.2) is 0 Å². The topological polar surface area (TPSA) is 86.5 Å². The lowest BCUT2D eigenvalue weighted by atomic mass is 9.93. The molecule has 1 saturated heterocycles. The molecule has 8 nitrogen and oxygen atoms in total. The summed E-state index contributed by atoms with van der Waals surface area (Å²) in [6.45, 7) is 2.07. The van der Waals surface area contributed by atoms with Gasteiger partial charge >= 0.3 is 0 Å². The number of carbonyl (C=O) groups excluding carboxylic acids is 2. The average Bonchev–Trinajstić information content (AvgIpc) is 3.48.